The second kappa shape index (κ2) is 2.87. The highest BCUT2D eigenvalue weighted by atomic mass is 15.2. The summed E-state index contributed by atoms with van der Waals surface area (Å²) in [6, 6.07) is 5.52. The lowest BCUT2D eigenvalue weighted by atomic mass is 10.1. The molecule has 1 aromatic heterocycles. The SMILES string of the molecule is N=C(NN)c1ccc2[nH]ncc2c1. The van der Waals surface area contributed by atoms with E-state index in [4.69, 9.17) is 11.3 Å². The van der Waals surface area contributed by atoms with Crippen molar-refractivity contribution in [3.63, 3.8) is 0 Å². The number of rotatable bonds is 1. The summed E-state index contributed by atoms with van der Waals surface area (Å²) in [5.41, 5.74) is 3.99. The van der Waals surface area contributed by atoms with Crippen molar-refractivity contribution in [2.45, 2.75) is 0 Å². The minimum Gasteiger partial charge on any atom is -0.308 e. The Kier molecular flexibility index (Phi) is 1.71. The van der Waals surface area contributed by atoms with Crippen LogP contribution in [0, 0.1) is 5.41 Å². The highest BCUT2D eigenvalue weighted by molar-refractivity contribution is 5.99. The average molecular weight is 175 g/mol. The zero-order chi connectivity index (χ0) is 9.26. The number of hydrogen-bond donors (Lipinski definition) is 4. The number of aromatic nitrogens is 2. The van der Waals surface area contributed by atoms with Gasteiger partial charge >= 0.3 is 0 Å². The number of hydrogen-bond acceptors (Lipinski definition) is 3. The van der Waals surface area contributed by atoms with Crippen molar-refractivity contribution in [2.75, 3.05) is 0 Å². The second-order valence-electron chi connectivity index (χ2n) is 2.69. The number of nitrogens with two attached hydrogens (primary N) is 1. The van der Waals surface area contributed by atoms with E-state index in [0.29, 0.717) is 0 Å². The molecule has 5 nitrogen and oxygen atoms in total. The Bertz CT molecular complexity index is 444. The number of nitrogens with zero attached hydrogens (tertiary/aromatic N) is 1. The van der Waals surface area contributed by atoms with Gasteiger partial charge in [-0.05, 0) is 18.2 Å². The summed E-state index contributed by atoms with van der Waals surface area (Å²) in [4.78, 5) is 0. The molecule has 66 valence electrons. The van der Waals surface area contributed by atoms with Crippen LogP contribution in [0.25, 0.3) is 10.9 Å². The van der Waals surface area contributed by atoms with Crippen LogP contribution in [0.15, 0.2) is 24.4 Å². The minimum absolute atomic E-state index is 0.197. The lowest BCUT2D eigenvalue weighted by Gasteiger charge is -2.01. The molecule has 0 spiro atoms. The molecular weight excluding hydrogens is 166 g/mol. The van der Waals surface area contributed by atoms with Crippen LogP contribution in [0.2, 0.25) is 0 Å². The normalized spacial score (nSPS) is 10.2. The molecule has 0 saturated carbocycles. The average Bonchev–Trinajstić information content (AvgIpc) is 2.63. The van der Waals surface area contributed by atoms with Crippen molar-refractivity contribution in [3.8, 4) is 0 Å². The number of aromatic amines is 1. The van der Waals surface area contributed by atoms with E-state index in [1.165, 1.54) is 0 Å². The van der Waals surface area contributed by atoms with Gasteiger partial charge in [-0.3, -0.25) is 10.5 Å². The third-order valence-corrected chi connectivity index (χ3v) is 1.87. The van der Waals surface area contributed by atoms with Crippen LogP contribution in [0.4, 0.5) is 0 Å². The Morgan fingerprint density at radius 1 is 1.54 bits per heavy atom. The summed E-state index contributed by atoms with van der Waals surface area (Å²) < 4.78 is 0. The van der Waals surface area contributed by atoms with E-state index in [9.17, 15) is 0 Å². The Morgan fingerprint density at radius 2 is 2.38 bits per heavy atom. The maximum atomic E-state index is 7.44. The molecule has 0 aliphatic carbocycles. The van der Waals surface area contributed by atoms with Gasteiger partial charge < -0.3 is 5.43 Å². The van der Waals surface area contributed by atoms with E-state index in [1.807, 2.05) is 18.2 Å². The van der Waals surface area contributed by atoms with Gasteiger partial charge in [0.1, 0.15) is 5.84 Å². The maximum absolute atomic E-state index is 7.44. The van der Waals surface area contributed by atoms with Gasteiger partial charge in [-0.15, -0.1) is 0 Å². The molecule has 5 heteroatoms. The van der Waals surface area contributed by atoms with Crippen molar-refractivity contribution in [2.24, 2.45) is 5.84 Å². The van der Waals surface area contributed by atoms with Crippen molar-refractivity contribution < 1.29 is 0 Å². The van der Waals surface area contributed by atoms with Gasteiger partial charge in [0.05, 0.1) is 11.7 Å². The van der Waals surface area contributed by atoms with Crippen LogP contribution < -0.4 is 11.3 Å². The first-order valence-corrected chi connectivity index (χ1v) is 3.80. The first-order valence-electron chi connectivity index (χ1n) is 3.80. The van der Waals surface area contributed by atoms with Gasteiger partial charge in [0.15, 0.2) is 0 Å². The summed E-state index contributed by atoms with van der Waals surface area (Å²) in [5.74, 6) is 5.32. The van der Waals surface area contributed by atoms with Crippen molar-refractivity contribution in [1.82, 2.24) is 15.6 Å². The van der Waals surface area contributed by atoms with Crippen molar-refractivity contribution >= 4 is 16.7 Å². The fraction of sp³-hybridized carbons (Fsp3) is 0. The molecule has 0 amide bonds. The quantitative estimate of drug-likeness (QED) is 0.218. The van der Waals surface area contributed by atoms with Gasteiger partial charge in [0, 0.05) is 10.9 Å². The highest BCUT2D eigenvalue weighted by Gasteiger charge is 2.01. The van der Waals surface area contributed by atoms with Crippen LogP contribution >= 0.6 is 0 Å². The van der Waals surface area contributed by atoms with E-state index in [1.54, 1.807) is 6.20 Å². The van der Waals surface area contributed by atoms with E-state index in [2.05, 4.69) is 15.6 Å². The molecule has 0 fully saturated rings. The van der Waals surface area contributed by atoms with Crippen LogP contribution in [0.1, 0.15) is 5.56 Å². The van der Waals surface area contributed by atoms with Crippen LogP contribution in [-0.2, 0) is 0 Å². The minimum atomic E-state index is 0.197. The molecule has 0 bridgehead atoms. The molecule has 13 heavy (non-hydrogen) atoms. The van der Waals surface area contributed by atoms with Crippen LogP contribution in [0.5, 0.6) is 0 Å². The van der Waals surface area contributed by atoms with Crippen molar-refractivity contribution in [1.29, 1.82) is 5.41 Å². The summed E-state index contributed by atoms with van der Waals surface area (Å²) in [5, 5.41) is 15.1. The van der Waals surface area contributed by atoms with E-state index < -0.39 is 0 Å². The van der Waals surface area contributed by atoms with Crippen LogP contribution in [0.3, 0.4) is 0 Å². The molecule has 0 aliphatic heterocycles. The molecule has 0 atom stereocenters. The lowest BCUT2D eigenvalue weighted by Crippen LogP contribution is -2.29. The first-order chi connectivity index (χ1) is 6.31. The smallest absolute Gasteiger partial charge is 0.139 e. The van der Waals surface area contributed by atoms with E-state index >= 15 is 0 Å². The molecule has 0 unspecified atom stereocenters. The zero-order valence-electron chi connectivity index (χ0n) is 6.83. The lowest BCUT2D eigenvalue weighted by molar-refractivity contribution is 1.01. The summed E-state index contributed by atoms with van der Waals surface area (Å²) in [7, 11) is 0. The molecule has 5 N–H and O–H groups in total. The molecule has 1 heterocycles. The summed E-state index contributed by atoms with van der Waals surface area (Å²) >= 11 is 0. The Balaban J connectivity index is 2.54. The highest BCUT2D eigenvalue weighted by Crippen LogP contribution is 2.12. The van der Waals surface area contributed by atoms with E-state index in [-0.39, 0.29) is 5.84 Å². The van der Waals surface area contributed by atoms with Gasteiger partial charge in [0.25, 0.3) is 0 Å². The predicted molar refractivity (Wildman–Crippen MR) is 50.2 cm³/mol. The molecule has 2 rings (SSSR count). The largest absolute Gasteiger partial charge is 0.308 e. The fourth-order valence-corrected chi connectivity index (χ4v) is 1.18. The number of benzene rings is 1. The standard InChI is InChI=1S/C8H9N5/c9-8(12-10)5-1-2-7-6(3-5)4-11-13-7/h1-4H,10H2,(H2,9,12)(H,11,13). The third kappa shape index (κ3) is 1.25. The molecule has 0 radical (unpaired) electrons. The predicted octanol–water partition coefficient (Wildman–Crippen LogP) is 0.352. The van der Waals surface area contributed by atoms with Crippen LogP contribution in [-0.4, -0.2) is 16.0 Å². The fourth-order valence-electron chi connectivity index (χ4n) is 1.18. The molecule has 0 aliphatic rings. The molecular formula is C8H9N5. The number of hydrazine groups is 1. The molecule has 1 aromatic carbocycles. The summed E-state index contributed by atoms with van der Waals surface area (Å²) in [6.45, 7) is 0. The van der Waals surface area contributed by atoms with Gasteiger partial charge in [-0.25, -0.2) is 5.84 Å². The third-order valence-electron chi connectivity index (χ3n) is 1.87. The number of amidine groups is 1. The first kappa shape index (κ1) is 7.75. The van der Waals surface area contributed by atoms with E-state index in [0.717, 1.165) is 16.5 Å². The Hall–Kier alpha value is -1.88. The number of fused-ring (bicyclic) bond motifs is 1. The zero-order valence-corrected chi connectivity index (χ0v) is 6.83. The topological polar surface area (TPSA) is 90.6 Å². The molecule has 2 aromatic rings. The monoisotopic (exact) mass is 175 g/mol. The number of H-pyrrole nitrogens is 1. The summed E-state index contributed by atoms with van der Waals surface area (Å²) in [6.07, 6.45) is 1.71. The Morgan fingerprint density at radius 3 is 3.15 bits per heavy atom. The second-order valence-corrected chi connectivity index (χ2v) is 2.69. The number of nitrogens with one attached hydrogen (secondary N) is 3. The van der Waals surface area contributed by atoms with Gasteiger partial charge in [0.2, 0.25) is 0 Å². The van der Waals surface area contributed by atoms with Gasteiger partial charge in [-0.2, -0.15) is 5.10 Å². The van der Waals surface area contributed by atoms with Crippen molar-refractivity contribution in [3.05, 3.63) is 30.0 Å². The maximum Gasteiger partial charge on any atom is 0.139 e. The Labute approximate surface area is 74.4 Å². The molecule has 0 saturated heterocycles. The van der Waals surface area contributed by atoms with Gasteiger partial charge in [-0.1, -0.05) is 0 Å².